The predicted octanol–water partition coefficient (Wildman–Crippen LogP) is 1.41. The molecule has 19 heavy (non-hydrogen) atoms. The topological polar surface area (TPSA) is 60.8 Å². The molecule has 0 aromatic heterocycles. The van der Waals surface area contributed by atoms with Gasteiger partial charge in [-0.1, -0.05) is 32.9 Å². The van der Waals surface area contributed by atoms with Crippen LogP contribution in [0, 0.1) is 0 Å². The van der Waals surface area contributed by atoms with E-state index in [-0.39, 0.29) is 37.6 Å². The summed E-state index contributed by atoms with van der Waals surface area (Å²) in [4.78, 5) is 13.6. The molecule has 4 heteroatoms. The third kappa shape index (κ3) is 4.33. The second-order valence-electron chi connectivity index (χ2n) is 5.57. The number of carbonyl (C=O) groups is 1. The summed E-state index contributed by atoms with van der Waals surface area (Å²) in [6, 6.07) is 7.49. The lowest BCUT2D eigenvalue weighted by Crippen LogP contribution is -2.35. The van der Waals surface area contributed by atoms with E-state index in [1.807, 2.05) is 12.1 Å². The Kier molecular flexibility index (Phi) is 5.51. The van der Waals surface area contributed by atoms with Crippen LogP contribution in [0.5, 0.6) is 0 Å². The fourth-order valence-corrected chi connectivity index (χ4v) is 1.85. The highest BCUT2D eigenvalue weighted by Crippen LogP contribution is 2.22. The molecular formula is C15H23NO3. The van der Waals surface area contributed by atoms with Gasteiger partial charge in [-0.3, -0.25) is 4.79 Å². The fraction of sp³-hybridized carbons (Fsp3) is 0.533. The van der Waals surface area contributed by atoms with Crippen molar-refractivity contribution >= 4 is 5.91 Å². The van der Waals surface area contributed by atoms with E-state index in [1.165, 1.54) is 10.5 Å². The maximum atomic E-state index is 12.2. The maximum Gasteiger partial charge on any atom is 0.254 e. The molecule has 2 N–H and O–H groups in total. The summed E-state index contributed by atoms with van der Waals surface area (Å²) < 4.78 is 0. The van der Waals surface area contributed by atoms with Crippen LogP contribution in [-0.4, -0.2) is 47.3 Å². The minimum Gasteiger partial charge on any atom is -0.395 e. The Hall–Kier alpha value is -1.39. The van der Waals surface area contributed by atoms with Crippen LogP contribution in [0.25, 0.3) is 0 Å². The lowest BCUT2D eigenvalue weighted by Gasteiger charge is -2.22. The number of hydrogen-bond acceptors (Lipinski definition) is 3. The first-order valence-corrected chi connectivity index (χ1v) is 6.51. The number of hydrogen-bond donors (Lipinski definition) is 2. The van der Waals surface area contributed by atoms with E-state index >= 15 is 0 Å². The average Bonchev–Trinajstić information content (AvgIpc) is 2.37. The van der Waals surface area contributed by atoms with Gasteiger partial charge in [0.1, 0.15) is 0 Å². The van der Waals surface area contributed by atoms with Gasteiger partial charge >= 0.3 is 0 Å². The first kappa shape index (κ1) is 15.7. The molecule has 0 bridgehead atoms. The molecule has 1 aromatic carbocycles. The minimum absolute atomic E-state index is 0.0530. The molecule has 0 aliphatic carbocycles. The third-order valence-corrected chi connectivity index (χ3v) is 3.02. The Bertz CT molecular complexity index is 400. The highest BCUT2D eigenvalue weighted by atomic mass is 16.3. The third-order valence-electron chi connectivity index (χ3n) is 3.02. The molecule has 0 unspecified atom stereocenters. The number of nitrogens with zero attached hydrogens (tertiary/aromatic N) is 1. The van der Waals surface area contributed by atoms with Gasteiger partial charge in [0.15, 0.2) is 0 Å². The summed E-state index contributed by atoms with van der Waals surface area (Å²) >= 11 is 0. The van der Waals surface area contributed by atoms with Gasteiger partial charge in [-0.05, 0) is 23.1 Å². The van der Waals surface area contributed by atoms with Gasteiger partial charge in [0.25, 0.3) is 5.91 Å². The molecule has 0 saturated heterocycles. The molecule has 0 spiro atoms. The Morgan fingerprint density at radius 1 is 1.05 bits per heavy atom. The normalized spacial score (nSPS) is 11.4. The molecule has 0 aliphatic heterocycles. The largest absolute Gasteiger partial charge is 0.395 e. The molecule has 1 rings (SSSR count). The molecule has 106 valence electrons. The number of amides is 1. The fourth-order valence-electron chi connectivity index (χ4n) is 1.85. The number of benzene rings is 1. The number of aliphatic hydroxyl groups excluding tert-OH is 2. The van der Waals surface area contributed by atoms with Crippen molar-refractivity contribution in [1.29, 1.82) is 0 Å². The van der Waals surface area contributed by atoms with E-state index < -0.39 is 0 Å². The summed E-state index contributed by atoms with van der Waals surface area (Å²) in [6.07, 6.45) is 0. The zero-order chi connectivity index (χ0) is 14.5. The van der Waals surface area contributed by atoms with E-state index in [0.717, 1.165) is 0 Å². The van der Waals surface area contributed by atoms with Crippen LogP contribution in [0.3, 0.4) is 0 Å². The second kappa shape index (κ2) is 6.68. The van der Waals surface area contributed by atoms with Gasteiger partial charge in [-0.25, -0.2) is 0 Å². The van der Waals surface area contributed by atoms with Gasteiger partial charge in [-0.15, -0.1) is 0 Å². The minimum atomic E-state index is -0.163. The maximum absolute atomic E-state index is 12.2. The lowest BCUT2D eigenvalue weighted by molar-refractivity contribution is 0.0685. The van der Waals surface area contributed by atoms with Gasteiger partial charge in [0.2, 0.25) is 0 Å². The van der Waals surface area contributed by atoms with Crippen LogP contribution in [0.2, 0.25) is 0 Å². The molecule has 0 saturated carbocycles. The van der Waals surface area contributed by atoms with Crippen molar-refractivity contribution in [3.63, 3.8) is 0 Å². The Labute approximate surface area is 114 Å². The summed E-state index contributed by atoms with van der Waals surface area (Å²) in [5.41, 5.74) is 1.80. The summed E-state index contributed by atoms with van der Waals surface area (Å²) in [5, 5.41) is 17.9. The molecule has 1 aromatic rings. The van der Waals surface area contributed by atoms with Crippen LogP contribution in [-0.2, 0) is 5.41 Å². The number of rotatable bonds is 5. The second-order valence-corrected chi connectivity index (χ2v) is 5.57. The first-order valence-electron chi connectivity index (χ1n) is 6.51. The van der Waals surface area contributed by atoms with Crippen molar-refractivity contribution in [1.82, 2.24) is 4.90 Å². The van der Waals surface area contributed by atoms with Crippen molar-refractivity contribution in [2.75, 3.05) is 26.3 Å². The summed E-state index contributed by atoms with van der Waals surface area (Å²) in [5.74, 6) is -0.163. The van der Waals surface area contributed by atoms with Gasteiger partial charge in [-0.2, -0.15) is 0 Å². The molecule has 0 radical (unpaired) electrons. The zero-order valence-electron chi connectivity index (χ0n) is 11.9. The van der Waals surface area contributed by atoms with Crippen LogP contribution >= 0.6 is 0 Å². The highest BCUT2D eigenvalue weighted by molar-refractivity contribution is 5.94. The Morgan fingerprint density at radius 2 is 1.53 bits per heavy atom. The quantitative estimate of drug-likeness (QED) is 0.846. The Balaban J connectivity index is 2.87. The van der Waals surface area contributed by atoms with E-state index in [9.17, 15) is 4.79 Å². The summed E-state index contributed by atoms with van der Waals surface area (Å²) in [7, 11) is 0. The van der Waals surface area contributed by atoms with Gasteiger partial charge in [0, 0.05) is 18.7 Å². The SMILES string of the molecule is CC(C)(C)c1ccc(C(=O)N(CCO)CCO)cc1. The number of aliphatic hydroxyl groups is 2. The van der Waals surface area contributed by atoms with Crippen LogP contribution in [0.1, 0.15) is 36.7 Å². The van der Waals surface area contributed by atoms with Gasteiger partial charge < -0.3 is 15.1 Å². The lowest BCUT2D eigenvalue weighted by atomic mass is 9.86. The number of carbonyl (C=O) groups excluding carboxylic acids is 1. The van der Waals surface area contributed by atoms with Crippen molar-refractivity contribution < 1.29 is 15.0 Å². The molecule has 1 amide bonds. The van der Waals surface area contributed by atoms with E-state index in [0.29, 0.717) is 5.56 Å². The van der Waals surface area contributed by atoms with E-state index in [1.54, 1.807) is 12.1 Å². The first-order chi connectivity index (χ1) is 8.90. The van der Waals surface area contributed by atoms with Crippen molar-refractivity contribution in [3.05, 3.63) is 35.4 Å². The van der Waals surface area contributed by atoms with Crippen LogP contribution < -0.4 is 0 Å². The average molecular weight is 265 g/mol. The van der Waals surface area contributed by atoms with Crippen LogP contribution in [0.4, 0.5) is 0 Å². The van der Waals surface area contributed by atoms with Crippen LogP contribution in [0.15, 0.2) is 24.3 Å². The molecular weight excluding hydrogens is 242 g/mol. The van der Waals surface area contributed by atoms with Crippen molar-refractivity contribution in [3.8, 4) is 0 Å². The summed E-state index contributed by atoms with van der Waals surface area (Å²) in [6.45, 7) is 6.62. The smallest absolute Gasteiger partial charge is 0.254 e. The Morgan fingerprint density at radius 3 is 1.89 bits per heavy atom. The van der Waals surface area contributed by atoms with E-state index in [2.05, 4.69) is 20.8 Å². The predicted molar refractivity (Wildman–Crippen MR) is 75.2 cm³/mol. The molecule has 0 heterocycles. The van der Waals surface area contributed by atoms with Gasteiger partial charge in [0.05, 0.1) is 13.2 Å². The van der Waals surface area contributed by atoms with Crippen molar-refractivity contribution in [2.45, 2.75) is 26.2 Å². The monoisotopic (exact) mass is 265 g/mol. The molecule has 0 fully saturated rings. The van der Waals surface area contributed by atoms with E-state index in [4.69, 9.17) is 10.2 Å². The standard InChI is InChI=1S/C15H23NO3/c1-15(2,3)13-6-4-12(5-7-13)14(19)16(8-10-17)9-11-18/h4-7,17-18H,8-11H2,1-3H3. The van der Waals surface area contributed by atoms with Crippen molar-refractivity contribution in [2.24, 2.45) is 0 Å². The molecule has 4 nitrogen and oxygen atoms in total. The molecule has 0 aliphatic rings. The zero-order valence-corrected chi connectivity index (χ0v) is 11.9. The molecule has 0 atom stereocenters. The highest BCUT2D eigenvalue weighted by Gasteiger charge is 2.17.